The van der Waals surface area contributed by atoms with Crippen molar-refractivity contribution in [3.63, 3.8) is 0 Å². The second kappa shape index (κ2) is 9.18. The van der Waals surface area contributed by atoms with Crippen molar-refractivity contribution in [3.05, 3.63) is 88.1 Å². The maximum atomic E-state index is 14.2. The summed E-state index contributed by atoms with van der Waals surface area (Å²) in [6.45, 7) is 9.69. The normalized spacial score (nSPS) is 18.8. The van der Waals surface area contributed by atoms with Crippen LogP contribution in [0.2, 0.25) is 0 Å². The third-order valence-electron chi connectivity index (χ3n) is 5.94. The van der Waals surface area contributed by atoms with Crippen molar-refractivity contribution in [2.24, 2.45) is 11.7 Å². The molecule has 0 saturated heterocycles. The first-order valence-corrected chi connectivity index (χ1v) is 11.3. The zero-order chi connectivity index (χ0) is 24.6. The second-order valence-corrected chi connectivity index (χ2v) is 9.68. The van der Waals surface area contributed by atoms with Crippen molar-refractivity contribution >= 4 is 5.70 Å². The van der Waals surface area contributed by atoms with E-state index in [0.29, 0.717) is 23.9 Å². The van der Waals surface area contributed by atoms with E-state index in [2.05, 4.69) is 30.1 Å². The lowest BCUT2D eigenvalue weighted by molar-refractivity contribution is 0.189. The molecule has 2 aliphatic rings. The van der Waals surface area contributed by atoms with Crippen molar-refractivity contribution in [2.45, 2.75) is 59.6 Å². The van der Waals surface area contributed by atoms with Crippen LogP contribution in [-0.4, -0.2) is 20.6 Å². The third kappa shape index (κ3) is 4.97. The fourth-order valence-electron chi connectivity index (χ4n) is 4.01. The molecular weight excluding hydrogens is 438 g/mol. The summed E-state index contributed by atoms with van der Waals surface area (Å²) >= 11 is 0. The lowest BCUT2D eigenvalue weighted by atomic mass is 9.97. The molecule has 4 rings (SSSR count). The van der Waals surface area contributed by atoms with E-state index in [1.165, 1.54) is 18.2 Å². The molecule has 0 radical (unpaired) electrons. The fourth-order valence-corrected chi connectivity index (χ4v) is 4.01. The van der Waals surface area contributed by atoms with Crippen LogP contribution < -0.4 is 5.73 Å². The van der Waals surface area contributed by atoms with E-state index in [0.717, 1.165) is 29.0 Å². The van der Waals surface area contributed by atoms with Crippen LogP contribution in [0.3, 0.4) is 0 Å². The van der Waals surface area contributed by atoms with Gasteiger partial charge < -0.3 is 19.9 Å². The van der Waals surface area contributed by atoms with Crippen LogP contribution in [0, 0.1) is 17.6 Å². The van der Waals surface area contributed by atoms with Gasteiger partial charge in [-0.3, -0.25) is 0 Å². The van der Waals surface area contributed by atoms with E-state index in [1.807, 2.05) is 37.9 Å². The van der Waals surface area contributed by atoms with Crippen molar-refractivity contribution in [3.8, 4) is 0 Å². The van der Waals surface area contributed by atoms with Crippen molar-refractivity contribution in [1.29, 1.82) is 0 Å². The van der Waals surface area contributed by atoms with E-state index in [4.69, 9.17) is 15.0 Å². The second-order valence-electron chi connectivity index (χ2n) is 9.68. The predicted molar refractivity (Wildman–Crippen MR) is 126 cm³/mol. The highest BCUT2D eigenvalue weighted by Gasteiger charge is 2.31. The van der Waals surface area contributed by atoms with Crippen LogP contribution in [0.25, 0.3) is 5.70 Å². The molecule has 6 nitrogen and oxygen atoms in total. The Morgan fingerprint density at radius 2 is 1.94 bits per heavy atom. The van der Waals surface area contributed by atoms with Crippen LogP contribution in [0.15, 0.2) is 63.7 Å². The Kier molecular flexibility index (Phi) is 6.45. The Balaban J connectivity index is 1.68. The number of nitrogens with two attached hydrogens (primary N) is 1. The summed E-state index contributed by atoms with van der Waals surface area (Å²) in [5.41, 5.74) is 9.11. The van der Waals surface area contributed by atoms with Crippen molar-refractivity contribution < 1.29 is 18.0 Å². The molecule has 1 aromatic heterocycles. The van der Waals surface area contributed by atoms with Gasteiger partial charge in [0, 0.05) is 18.2 Å². The lowest BCUT2D eigenvalue weighted by Crippen LogP contribution is -2.34. The first kappa shape index (κ1) is 23.9. The van der Waals surface area contributed by atoms with Gasteiger partial charge in [-0.05, 0) is 69.4 Å². The van der Waals surface area contributed by atoms with Gasteiger partial charge in [-0.1, -0.05) is 24.2 Å². The average molecular weight is 469 g/mol. The number of halogens is 2. The first-order valence-electron chi connectivity index (χ1n) is 11.3. The number of aromatic nitrogens is 2. The quantitative estimate of drug-likeness (QED) is 0.594. The smallest absolute Gasteiger partial charge is 0.228 e. The molecule has 2 aromatic rings. The standard InChI is InChI=1S/C26H30F2N4O2/c1-15-11-22(33-14-18-19(27)7-6-8-20(18)28)21-10-9-16(2)17(3)24(32(21)13-15)25-30-23(34-31-25)12-26(4,5)29/h6-8,10-11,13,16H,9,12,14,29H2,1-5H3. The van der Waals surface area contributed by atoms with Crippen LogP contribution in [0.1, 0.15) is 58.3 Å². The van der Waals surface area contributed by atoms with Gasteiger partial charge in [-0.25, -0.2) is 8.78 Å². The van der Waals surface area contributed by atoms with Crippen LogP contribution in [0.4, 0.5) is 8.78 Å². The van der Waals surface area contributed by atoms with E-state index in [1.54, 1.807) is 0 Å². The monoisotopic (exact) mass is 468 g/mol. The number of hydrogen-bond acceptors (Lipinski definition) is 6. The Bertz CT molecular complexity index is 1200. The number of rotatable bonds is 6. The maximum absolute atomic E-state index is 14.2. The highest BCUT2D eigenvalue weighted by molar-refractivity contribution is 5.68. The number of fused-ring (bicyclic) bond motifs is 1. The summed E-state index contributed by atoms with van der Waals surface area (Å²) in [7, 11) is 0. The number of hydrogen-bond donors (Lipinski definition) is 1. The SMILES string of the molecule is CC1=CN2C(=CCC(C)C(C)=C2c2noc(CC(C)(C)N)n2)C(OCc2c(F)cccc2F)=C1. The minimum Gasteiger partial charge on any atom is -0.486 e. The maximum Gasteiger partial charge on any atom is 0.228 e. The number of ether oxygens (including phenoxy) is 1. The third-order valence-corrected chi connectivity index (χ3v) is 5.94. The molecule has 0 aliphatic carbocycles. The van der Waals surface area contributed by atoms with Gasteiger partial charge in [0.1, 0.15) is 24.0 Å². The summed E-state index contributed by atoms with van der Waals surface area (Å²) in [5, 5.41) is 4.25. The van der Waals surface area contributed by atoms with Gasteiger partial charge in [0.05, 0.1) is 17.0 Å². The summed E-state index contributed by atoms with van der Waals surface area (Å²) in [6, 6.07) is 3.78. The van der Waals surface area contributed by atoms with Crippen LogP contribution in [0.5, 0.6) is 0 Å². The average Bonchev–Trinajstić information content (AvgIpc) is 3.13. The highest BCUT2D eigenvalue weighted by atomic mass is 19.1. The van der Waals surface area contributed by atoms with Crippen molar-refractivity contribution in [1.82, 2.24) is 15.0 Å². The number of nitrogens with zero attached hydrogens (tertiary/aromatic N) is 3. The summed E-state index contributed by atoms with van der Waals surface area (Å²) < 4.78 is 39.8. The minimum absolute atomic E-state index is 0.107. The molecule has 8 heteroatoms. The number of benzene rings is 1. The molecule has 1 unspecified atom stereocenters. The Morgan fingerprint density at radius 1 is 1.24 bits per heavy atom. The molecule has 1 aromatic carbocycles. The number of allylic oxidation sites excluding steroid dienone is 4. The highest BCUT2D eigenvalue weighted by Crippen LogP contribution is 2.39. The molecule has 0 spiro atoms. The zero-order valence-electron chi connectivity index (χ0n) is 20.2. The van der Waals surface area contributed by atoms with Gasteiger partial charge in [0.15, 0.2) is 0 Å². The largest absolute Gasteiger partial charge is 0.486 e. The van der Waals surface area contributed by atoms with E-state index in [-0.39, 0.29) is 18.1 Å². The zero-order valence-corrected chi connectivity index (χ0v) is 20.2. The molecule has 0 amide bonds. The molecule has 2 N–H and O–H groups in total. The molecule has 1 atom stereocenters. The molecule has 0 bridgehead atoms. The Labute approximate surface area is 198 Å². The van der Waals surface area contributed by atoms with Crippen molar-refractivity contribution in [2.75, 3.05) is 0 Å². The topological polar surface area (TPSA) is 77.4 Å². The summed E-state index contributed by atoms with van der Waals surface area (Å²) in [6.07, 6.45) is 7.10. The summed E-state index contributed by atoms with van der Waals surface area (Å²) in [5.74, 6) is 0.380. The molecule has 2 aliphatic heterocycles. The minimum atomic E-state index is -0.636. The molecule has 3 heterocycles. The van der Waals surface area contributed by atoms with Crippen LogP contribution in [-0.2, 0) is 17.8 Å². The molecular formula is C26H30F2N4O2. The molecule has 180 valence electrons. The van der Waals surface area contributed by atoms with E-state index < -0.39 is 17.2 Å². The van der Waals surface area contributed by atoms with Gasteiger partial charge in [-0.2, -0.15) is 4.98 Å². The molecule has 34 heavy (non-hydrogen) atoms. The first-order chi connectivity index (χ1) is 16.0. The Morgan fingerprint density at radius 3 is 2.62 bits per heavy atom. The molecule has 0 saturated carbocycles. The molecule has 0 fully saturated rings. The van der Waals surface area contributed by atoms with E-state index in [9.17, 15) is 8.78 Å². The van der Waals surface area contributed by atoms with Gasteiger partial charge in [0.2, 0.25) is 11.7 Å². The predicted octanol–water partition coefficient (Wildman–Crippen LogP) is 5.60. The fraction of sp³-hybridized carbons (Fsp3) is 0.385. The Hall–Kier alpha value is -3.26. The van der Waals surface area contributed by atoms with Gasteiger partial charge in [-0.15, -0.1) is 0 Å². The summed E-state index contributed by atoms with van der Waals surface area (Å²) in [4.78, 5) is 6.61. The van der Waals surface area contributed by atoms with Gasteiger partial charge in [0.25, 0.3) is 0 Å². The van der Waals surface area contributed by atoms with Gasteiger partial charge >= 0.3 is 0 Å². The van der Waals surface area contributed by atoms with Crippen LogP contribution >= 0.6 is 0 Å². The van der Waals surface area contributed by atoms with E-state index >= 15 is 0 Å². The lowest BCUT2D eigenvalue weighted by Gasteiger charge is -2.30.